The van der Waals surface area contributed by atoms with Crippen LogP contribution in [-0.4, -0.2) is 17.0 Å². The molecule has 0 saturated carbocycles. The largest absolute Gasteiger partial charge is 0.357 e. The molecule has 1 N–H and O–H groups in total. The summed E-state index contributed by atoms with van der Waals surface area (Å²) in [7, 11) is 1.82. The quantitative estimate of drug-likeness (QED) is 0.856. The fourth-order valence-corrected chi connectivity index (χ4v) is 1.87. The smallest absolute Gasteiger partial charge is 0.222 e. The van der Waals surface area contributed by atoms with Crippen molar-refractivity contribution in [2.24, 2.45) is 0 Å². The first-order valence-corrected chi connectivity index (χ1v) is 5.70. The van der Waals surface area contributed by atoms with Gasteiger partial charge in [0, 0.05) is 25.0 Å². The monoisotopic (exact) mass is 227 g/mol. The third kappa shape index (κ3) is 2.13. The highest BCUT2D eigenvalue weighted by Crippen LogP contribution is 2.26. The first-order chi connectivity index (χ1) is 8.13. The summed E-state index contributed by atoms with van der Waals surface area (Å²) in [6.45, 7) is 6.42. The van der Waals surface area contributed by atoms with E-state index in [1.54, 1.807) is 0 Å². The normalized spacial score (nSPS) is 10.4. The van der Waals surface area contributed by atoms with E-state index in [-0.39, 0.29) is 0 Å². The van der Waals surface area contributed by atoms with Crippen molar-refractivity contribution in [2.75, 3.05) is 12.4 Å². The summed E-state index contributed by atoms with van der Waals surface area (Å²) in [5, 5.41) is 2.92. The molecule has 0 unspecified atom stereocenters. The Kier molecular flexibility index (Phi) is 3.09. The summed E-state index contributed by atoms with van der Waals surface area (Å²) in [6, 6.07) is 4.28. The van der Waals surface area contributed by atoms with Gasteiger partial charge < -0.3 is 5.32 Å². The summed E-state index contributed by atoms with van der Waals surface area (Å²) < 4.78 is 0. The van der Waals surface area contributed by atoms with Crippen molar-refractivity contribution >= 4 is 5.95 Å². The van der Waals surface area contributed by atoms with Crippen LogP contribution in [0.1, 0.15) is 16.7 Å². The Labute approximate surface area is 102 Å². The van der Waals surface area contributed by atoms with Crippen LogP contribution in [0.3, 0.4) is 0 Å². The molecule has 3 nitrogen and oxygen atoms in total. The Morgan fingerprint density at radius 1 is 0.941 bits per heavy atom. The van der Waals surface area contributed by atoms with Gasteiger partial charge in [-0.3, -0.25) is 0 Å². The van der Waals surface area contributed by atoms with E-state index >= 15 is 0 Å². The first kappa shape index (κ1) is 11.6. The number of hydrogen-bond acceptors (Lipinski definition) is 3. The van der Waals surface area contributed by atoms with Crippen LogP contribution in [0.25, 0.3) is 11.1 Å². The van der Waals surface area contributed by atoms with Gasteiger partial charge in [-0.15, -0.1) is 0 Å². The molecule has 0 spiro atoms. The molecule has 3 heteroatoms. The minimum Gasteiger partial charge on any atom is -0.357 e. The molecular formula is C14H17N3. The second-order valence-corrected chi connectivity index (χ2v) is 4.23. The molecule has 0 saturated heterocycles. The molecule has 0 bridgehead atoms. The van der Waals surface area contributed by atoms with Crippen molar-refractivity contribution in [2.45, 2.75) is 20.8 Å². The van der Waals surface area contributed by atoms with Gasteiger partial charge >= 0.3 is 0 Å². The average Bonchev–Trinajstić information content (AvgIpc) is 2.36. The topological polar surface area (TPSA) is 37.8 Å². The predicted molar refractivity (Wildman–Crippen MR) is 71.2 cm³/mol. The SMILES string of the molecule is CNc1ncc(-c2ccc(C)c(C)c2C)cn1. The molecule has 2 rings (SSSR count). The molecule has 0 amide bonds. The van der Waals surface area contributed by atoms with E-state index in [1.807, 2.05) is 19.4 Å². The Morgan fingerprint density at radius 2 is 1.59 bits per heavy atom. The minimum atomic E-state index is 0.648. The molecule has 17 heavy (non-hydrogen) atoms. The number of nitrogens with zero attached hydrogens (tertiary/aromatic N) is 2. The fraction of sp³-hybridized carbons (Fsp3) is 0.286. The van der Waals surface area contributed by atoms with Gasteiger partial charge in [0.2, 0.25) is 5.95 Å². The van der Waals surface area contributed by atoms with Gasteiger partial charge in [-0.2, -0.15) is 0 Å². The standard InChI is InChI=1S/C14H17N3/c1-9-5-6-13(11(3)10(9)2)12-7-16-14(15-4)17-8-12/h5-8H,1-4H3,(H,15,16,17). The lowest BCUT2D eigenvalue weighted by Crippen LogP contribution is -1.97. The van der Waals surface area contributed by atoms with Gasteiger partial charge in [0.15, 0.2) is 0 Å². The highest BCUT2D eigenvalue weighted by atomic mass is 15.1. The van der Waals surface area contributed by atoms with E-state index in [1.165, 1.54) is 22.3 Å². The molecule has 2 aromatic rings. The van der Waals surface area contributed by atoms with Crippen LogP contribution in [-0.2, 0) is 0 Å². The molecule has 0 aliphatic rings. The zero-order valence-electron chi connectivity index (χ0n) is 10.7. The molecule has 0 radical (unpaired) electrons. The van der Waals surface area contributed by atoms with E-state index in [0.717, 1.165) is 5.56 Å². The van der Waals surface area contributed by atoms with Gasteiger partial charge in [0.25, 0.3) is 0 Å². The van der Waals surface area contributed by atoms with Crippen molar-refractivity contribution in [3.63, 3.8) is 0 Å². The molecule has 1 aromatic heterocycles. The average molecular weight is 227 g/mol. The van der Waals surface area contributed by atoms with Crippen LogP contribution < -0.4 is 5.32 Å². The third-order valence-electron chi connectivity index (χ3n) is 3.24. The summed E-state index contributed by atoms with van der Waals surface area (Å²) in [5.74, 6) is 0.648. The van der Waals surface area contributed by atoms with Gasteiger partial charge in [-0.1, -0.05) is 12.1 Å². The van der Waals surface area contributed by atoms with Gasteiger partial charge in [0.1, 0.15) is 0 Å². The maximum atomic E-state index is 4.24. The van der Waals surface area contributed by atoms with Crippen molar-refractivity contribution in [3.8, 4) is 11.1 Å². The Bertz CT molecular complexity index is 530. The molecule has 0 aliphatic heterocycles. The summed E-state index contributed by atoms with van der Waals surface area (Å²) >= 11 is 0. The van der Waals surface area contributed by atoms with Crippen LogP contribution in [0, 0.1) is 20.8 Å². The fourth-order valence-electron chi connectivity index (χ4n) is 1.87. The molecule has 0 atom stereocenters. The lowest BCUT2D eigenvalue weighted by molar-refractivity contribution is 1.15. The molecule has 0 fully saturated rings. The third-order valence-corrected chi connectivity index (χ3v) is 3.24. The lowest BCUT2D eigenvalue weighted by atomic mass is 9.96. The van der Waals surface area contributed by atoms with E-state index in [0.29, 0.717) is 5.95 Å². The second kappa shape index (κ2) is 4.53. The predicted octanol–water partition coefficient (Wildman–Crippen LogP) is 3.11. The number of benzene rings is 1. The molecule has 1 heterocycles. The molecule has 88 valence electrons. The van der Waals surface area contributed by atoms with Crippen molar-refractivity contribution in [3.05, 3.63) is 41.2 Å². The highest BCUT2D eigenvalue weighted by molar-refractivity contribution is 5.68. The van der Waals surface area contributed by atoms with E-state index < -0.39 is 0 Å². The molecular weight excluding hydrogens is 210 g/mol. The molecule has 0 aliphatic carbocycles. The summed E-state index contributed by atoms with van der Waals surface area (Å²) in [6.07, 6.45) is 3.71. The van der Waals surface area contributed by atoms with Crippen LogP contribution >= 0.6 is 0 Å². The Morgan fingerprint density at radius 3 is 2.18 bits per heavy atom. The zero-order chi connectivity index (χ0) is 12.4. The van der Waals surface area contributed by atoms with E-state index in [4.69, 9.17) is 0 Å². The van der Waals surface area contributed by atoms with Gasteiger partial charge in [-0.25, -0.2) is 9.97 Å². The number of anilines is 1. The van der Waals surface area contributed by atoms with Crippen molar-refractivity contribution in [1.29, 1.82) is 0 Å². The van der Waals surface area contributed by atoms with E-state index in [2.05, 4.69) is 48.2 Å². The lowest BCUT2D eigenvalue weighted by Gasteiger charge is -2.11. The van der Waals surface area contributed by atoms with Crippen molar-refractivity contribution < 1.29 is 0 Å². The number of aryl methyl sites for hydroxylation is 1. The second-order valence-electron chi connectivity index (χ2n) is 4.23. The number of nitrogens with one attached hydrogen (secondary N) is 1. The maximum Gasteiger partial charge on any atom is 0.222 e. The van der Waals surface area contributed by atoms with Gasteiger partial charge in [0.05, 0.1) is 0 Å². The van der Waals surface area contributed by atoms with Gasteiger partial charge in [-0.05, 0) is 43.0 Å². The van der Waals surface area contributed by atoms with E-state index in [9.17, 15) is 0 Å². The Balaban J connectivity index is 2.49. The maximum absolute atomic E-state index is 4.24. The summed E-state index contributed by atoms with van der Waals surface area (Å²) in [5.41, 5.74) is 6.21. The van der Waals surface area contributed by atoms with Crippen molar-refractivity contribution in [1.82, 2.24) is 9.97 Å². The van der Waals surface area contributed by atoms with Crippen LogP contribution in [0.4, 0.5) is 5.95 Å². The van der Waals surface area contributed by atoms with Crippen LogP contribution in [0.15, 0.2) is 24.5 Å². The Hall–Kier alpha value is -1.90. The number of rotatable bonds is 2. The first-order valence-electron chi connectivity index (χ1n) is 5.70. The minimum absolute atomic E-state index is 0.648. The zero-order valence-corrected chi connectivity index (χ0v) is 10.7. The summed E-state index contributed by atoms with van der Waals surface area (Å²) in [4.78, 5) is 8.49. The highest BCUT2D eigenvalue weighted by Gasteiger charge is 2.06. The number of hydrogen-bond donors (Lipinski definition) is 1. The molecule has 1 aromatic carbocycles. The van der Waals surface area contributed by atoms with Crippen LogP contribution in [0.2, 0.25) is 0 Å². The number of aromatic nitrogens is 2. The van der Waals surface area contributed by atoms with Crippen LogP contribution in [0.5, 0.6) is 0 Å².